The molecule has 2 heterocycles. The maximum Gasteiger partial charge on any atom is 0.331 e. The molecule has 3 aliphatic rings. The minimum atomic E-state index is -1.77. The quantitative estimate of drug-likeness (QED) is 0.405. The van der Waals surface area contributed by atoms with Crippen LogP contribution in [0.4, 0.5) is 0 Å². The summed E-state index contributed by atoms with van der Waals surface area (Å²) in [5.41, 5.74) is -0.229. The molecule has 170 valence electrons. The van der Waals surface area contributed by atoms with Gasteiger partial charge in [-0.3, -0.25) is 9.59 Å². The first-order valence-corrected chi connectivity index (χ1v) is 10.8. The Labute approximate surface area is 183 Å². The van der Waals surface area contributed by atoms with Crippen LogP contribution in [-0.4, -0.2) is 40.3 Å². The highest BCUT2D eigenvalue weighted by atomic mass is 16.6. The lowest BCUT2D eigenvalue weighted by Crippen LogP contribution is -2.45. The van der Waals surface area contributed by atoms with Crippen molar-refractivity contribution in [2.75, 3.05) is 0 Å². The lowest BCUT2D eigenvalue weighted by molar-refractivity contribution is -0.160. The molecule has 0 radical (unpaired) electrons. The average molecular weight is 433 g/mol. The predicted molar refractivity (Wildman–Crippen MR) is 112 cm³/mol. The first-order chi connectivity index (χ1) is 14.4. The van der Waals surface area contributed by atoms with Crippen molar-refractivity contribution in [3.8, 4) is 0 Å². The fourth-order valence-corrected chi connectivity index (χ4v) is 5.00. The molecule has 0 amide bonds. The maximum atomic E-state index is 12.4. The van der Waals surface area contributed by atoms with E-state index in [1.165, 1.54) is 6.92 Å². The number of carbonyl (C=O) groups is 3. The van der Waals surface area contributed by atoms with Gasteiger partial charge >= 0.3 is 17.9 Å². The van der Waals surface area contributed by atoms with Crippen LogP contribution in [0.2, 0.25) is 0 Å². The van der Waals surface area contributed by atoms with Gasteiger partial charge in [-0.05, 0) is 57.1 Å². The summed E-state index contributed by atoms with van der Waals surface area (Å²) in [4.78, 5) is 36.4. The third-order valence-electron chi connectivity index (χ3n) is 6.64. The lowest BCUT2D eigenvalue weighted by Gasteiger charge is -2.42. The van der Waals surface area contributed by atoms with Crippen LogP contribution in [0.5, 0.6) is 0 Å². The second kappa shape index (κ2) is 8.26. The van der Waals surface area contributed by atoms with Gasteiger partial charge in [-0.1, -0.05) is 25.5 Å². The second-order valence-electron chi connectivity index (χ2n) is 9.44. The van der Waals surface area contributed by atoms with Crippen LogP contribution in [0.1, 0.15) is 67.2 Å². The van der Waals surface area contributed by atoms with E-state index in [2.05, 4.69) is 0 Å². The number of rotatable bonds is 2. The molecule has 1 saturated heterocycles. The molecule has 0 saturated carbocycles. The number of ether oxygens (including phenoxy) is 3. The Kier molecular flexibility index (Phi) is 6.20. The van der Waals surface area contributed by atoms with Crippen molar-refractivity contribution >= 4 is 17.9 Å². The molecule has 0 aromatic rings. The van der Waals surface area contributed by atoms with Crippen LogP contribution >= 0.6 is 0 Å². The standard InChI is InChI=1S/C24H32O7/c1-13(2)17-11-19(26)31-23(6)10-9-15(4)22-24(28,12-20(27)30-22)21(29-16(5)25)14(3)7-8-18(17)23/h7,11,13,18,21,28H,8-10,12H2,1-6H3. The summed E-state index contributed by atoms with van der Waals surface area (Å²) < 4.78 is 16.8. The SMILES string of the molecule is CC(=O)OC1C(C)=CCC2C(C(C)C)=CC(=O)OC2(C)CCC(C)=C2OC(=O)CC21O. The molecule has 1 fully saturated rings. The van der Waals surface area contributed by atoms with E-state index in [0.29, 0.717) is 30.4 Å². The van der Waals surface area contributed by atoms with Crippen LogP contribution in [0.3, 0.4) is 0 Å². The molecular formula is C24H32O7. The van der Waals surface area contributed by atoms with E-state index >= 15 is 0 Å². The van der Waals surface area contributed by atoms with Crippen molar-refractivity contribution in [1.82, 2.24) is 0 Å². The van der Waals surface area contributed by atoms with E-state index in [0.717, 1.165) is 5.57 Å². The first-order valence-electron chi connectivity index (χ1n) is 10.8. The molecule has 0 aromatic carbocycles. The highest BCUT2D eigenvalue weighted by Gasteiger charge is 2.54. The molecule has 7 nitrogen and oxygen atoms in total. The van der Waals surface area contributed by atoms with E-state index in [9.17, 15) is 19.5 Å². The summed E-state index contributed by atoms with van der Waals surface area (Å²) in [5.74, 6) is -1.27. The van der Waals surface area contributed by atoms with Crippen molar-refractivity contribution < 1.29 is 33.7 Å². The van der Waals surface area contributed by atoms with Crippen molar-refractivity contribution in [2.24, 2.45) is 11.8 Å². The summed E-state index contributed by atoms with van der Waals surface area (Å²) in [6.45, 7) is 10.8. The first kappa shape index (κ1) is 23.3. The molecule has 1 aliphatic carbocycles. The van der Waals surface area contributed by atoms with Gasteiger partial charge in [0.05, 0.1) is 6.42 Å². The Hall–Kier alpha value is -2.41. The molecule has 0 bridgehead atoms. The fourth-order valence-electron chi connectivity index (χ4n) is 5.00. The minimum Gasteiger partial charge on any atom is -0.456 e. The Balaban J connectivity index is 2.16. The van der Waals surface area contributed by atoms with Crippen molar-refractivity contribution in [1.29, 1.82) is 0 Å². The molecule has 31 heavy (non-hydrogen) atoms. The van der Waals surface area contributed by atoms with Crippen molar-refractivity contribution in [2.45, 2.75) is 84.5 Å². The highest BCUT2D eigenvalue weighted by molar-refractivity contribution is 5.84. The van der Waals surface area contributed by atoms with Crippen LogP contribution in [0.25, 0.3) is 0 Å². The third-order valence-corrected chi connectivity index (χ3v) is 6.64. The number of aliphatic hydroxyl groups is 1. The molecule has 0 spiro atoms. The fraction of sp³-hybridized carbons (Fsp3) is 0.625. The van der Waals surface area contributed by atoms with E-state index in [4.69, 9.17) is 14.2 Å². The van der Waals surface area contributed by atoms with Gasteiger partial charge in [-0.15, -0.1) is 0 Å². The molecular weight excluding hydrogens is 400 g/mol. The number of esters is 3. The predicted octanol–water partition coefficient (Wildman–Crippen LogP) is 3.51. The Bertz CT molecular complexity index is 894. The van der Waals surface area contributed by atoms with Gasteiger partial charge in [0.25, 0.3) is 0 Å². The smallest absolute Gasteiger partial charge is 0.331 e. The van der Waals surface area contributed by atoms with E-state index in [1.807, 2.05) is 26.8 Å². The van der Waals surface area contributed by atoms with Gasteiger partial charge in [-0.25, -0.2) is 4.79 Å². The maximum absolute atomic E-state index is 12.4. The van der Waals surface area contributed by atoms with Crippen LogP contribution in [0.15, 0.2) is 34.6 Å². The van der Waals surface area contributed by atoms with Gasteiger partial charge in [0, 0.05) is 18.9 Å². The summed E-state index contributed by atoms with van der Waals surface area (Å²) in [6, 6.07) is 0. The number of allylic oxidation sites excluding steroid dienone is 2. The largest absolute Gasteiger partial charge is 0.456 e. The van der Waals surface area contributed by atoms with E-state index in [1.54, 1.807) is 19.9 Å². The number of hydrogen-bond acceptors (Lipinski definition) is 7. The summed E-state index contributed by atoms with van der Waals surface area (Å²) in [7, 11) is 0. The molecule has 2 aliphatic heterocycles. The monoisotopic (exact) mass is 432 g/mol. The Morgan fingerprint density at radius 1 is 1.29 bits per heavy atom. The van der Waals surface area contributed by atoms with Crippen LogP contribution < -0.4 is 0 Å². The minimum absolute atomic E-state index is 0.0638. The Morgan fingerprint density at radius 3 is 2.58 bits per heavy atom. The number of fused-ring (bicyclic) bond motifs is 2. The average Bonchev–Trinajstić information content (AvgIpc) is 2.96. The zero-order valence-corrected chi connectivity index (χ0v) is 19.1. The molecule has 4 unspecified atom stereocenters. The summed E-state index contributed by atoms with van der Waals surface area (Å²) in [5, 5.41) is 11.5. The van der Waals surface area contributed by atoms with Crippen LogP contribution in [0, 0.1) is 11.8 Å². The zero-order valence-electron chi connectivity index (χ0n) is 19.1. The summed E-state index contributed by atoms with van der Waals surface area (Å²) in [6.07, 6.45) is 3.63. The van der Waals surface area contributed by atoms with Crippen LogP contribution in [-0.2, 0) is 28.6 Å². The van der Waals surface area contributed by atoms with Gasteiger partial charge < -0.3 is 19.3 Å². The number of hydrogen-bond donors (Lipinski definition) is 1. The van der Waals surface area contributed by atoms with Crippen molar-refractivity contribution in [3.05, 3.63) is 34.6 Å². The number of carbonyl (C=O) groups excluding carboxylic acids is 3. The van der Waals surface area contributed by atoms with Crippen molar-refractivity contribution in [3.63, 3.8) is 0 Å². The second-order valence-corrected chi connectivity index (χ2v) is 9.44. The normalized spacial score (nSPS) is 34.1. The van der Waals surface area contributed by atoms with Gasteiger partial charge in [0.2, 0.25) is 0 Å². The Morgan fingerprint density at radius 2 is 1.97 bits per heavy atom. The van der Waals surface area contributed by atoms with Gasteiger partial charge in [0.1, 0.15) is 11.4 Å². The molecule has 1 N–H and O–H groups in total. The van der Waals surface area contributed by atoms with Gasteiger partial charge in [-0.2, -0.15) is 0 Å². The van der Waals surface area contributed by atoms with E-state index in [-0.39, 0.29) is 30.0 Å². The highest BCUT2D eigenvalue weighted by Crippen LogP contribution is 2.46. The zero-order chi connectivity index (χ0) is 23.1. The molecule has 4 atom stereocenters. The topological polar surface area (TPSA) is 99.1 Å². The van der Waals surface area contributed by atoms with Gasteiger partial charge in [0.15, 0.2) is 11.7 Å². The summed E-state index contributed by atoms with van der Waals surface area (Å²) >= 11 is 0. The third kappa shape index (κ3) is 4.33. The molecule has 7 heteroatoms. The molecule has 0 aromatic heterocycles. The molecule has 3 rings (SSSR count). The van der Waals surface area contributed by atoms with E-state index < -0.39 is 29.2 Å². The lowest BCUT2D eigenvalue weighted by atomic mass is 9.72.